The van der Waals surface area contributed by atoms with Gasteiger partial charge in [-0.1, -0.05) is 6.07 Å². The van der Waals surface area contributed by atoms with E-state index < -0.39 is 28.7 Å². The quantitative estimate of drug-likeness (QED) is 0.582. The van der Waals surface area contributed by atoms with Crippen LogP contribution in [0.3, 0.4) is 0 Å². The maximum absolute atomic E-state index is 13.5. The molecule has 0 bridgehead atoms. The summed E-state index contributed by atoms with van der Waals surface area (Å²) in [4.78, 5) is 22.7. The zero-order chi connectivity index (χ0) is 25.5. The van der Waals surface area contributed by atoms with E-state index in [4.69, 9.17) is 22.2 Å². The Morgan fingerprint density at radius 3 is 2.63 bits per heavy atom. The maximum atomic E-state index is 13.5. The van der Waals surface area contributed by atoms with Gasteiger partial charge in [0.25, 0.3) is 5.91 Å². The second-order valence-electron chi connectivity index (χ2n) is 9.06. The minimum Gasteiger partial charge on any atom is -0.375 e. The number of benzene rings is 1. The summed E-state index contributed by atoms with van der Waals surface area (Å²) in [6.07, 6.45) is -2.91. The first-order valence-electron chi connectivity index (χ1n) is 11.0. The topological polar surface area (TPSA) is 72.7 Å². The highest BCUT2D eigenvalue weighted by atomic mass is 32.1. The summed E-state index contributed by atoms with van der Waals surface area (Å²) < 4.78 is 46.0. The fraction of sp³-hybridized carbons (Fsp3) is 0.417. The van der Waals surface area contributed by atoms with Gasteiger partial charge in [-0.05, 0) is 62.8 Å². The molecule has 0 aliphatic carbocycles. The van der Waals surface area contributed by atoms with Gasteiger partial charge in [0.15, 0.2) is 5.11 Å². The van der Waals surface area contributed by atoms with E-state index >= 15 is 0 Å². The molecular formula is C24H24F3N5O2S. The van der Waals surface area contributed by atoms with E-state index in [9.17, 15) is 18.0 Å². The van der Waals surface area contributed by atoms with E-state index in [0.717, 1.165) is 41.5 Å². The normalized spacial score (nSPS) is 20.4. The number of amides is 1. The maximum Gasteiger partial charge on any atom is 0.417 e. The summed E-state index contributed by atoms with van der Waals surface area (Å²) in [5, 5.41) is 9.15. The second kappa shape index (κ2) is 9.09. The van der Waals surface area contributed by atoms with Crippen LogP contribution in [0.1, 0.15) is 37.5 Å². The van der Waals surface area contributed by atoms with E-state index in [2.05, 4.69) is 9.88 Å². The Hall–Kier alpha value is -3.23. The predicted molar refractivity (Wildman–Crippen MR) is 128 cm³/mol. The van der Waals surface area contributed by atoms with Crippen LogP contribution in [0.4, 0.5) is 24.7 Å². The predicted octanol–water partition coefficient (Wildman–Crippen LogP) is 4.11. The van der Waals surface area contributed by atoms with Crippen molar-refractivity contribution in [3.63, 3.8) is 0 Å². The first kappa shape index (κ1) is 24.9. The number of thiocarbonyl (C=S) groups is 1. The van der Waals surface area contributed by atoms with Crippen molar-refractivity contribution < 1.29 is 22.7 Å². The number of anilines is 2. The molecule has 1 aromatic carbocycles. The molecule has 0 saturated carbocycles. The SMILES string of the molecule is C[C@@H]1CN(c2ccc(CN3C(=S)N(c4ccc(C#N)c(C(F)(F)F)c4)C(=O)C3(C)C)cn2)CCO1. The first-order valence-corrected chi connectivity index (χ1v) is 11.4. The summed E-state index contributed by atoms with van der Waals surface area (Å²) >= 11 is 5.55. The molecule has 35 heavy (non-hydrogen) atoms. The molecule has 2 aromatic rings. The largest absolute Gasteiger partial charge is 0.417 e. The van der Waals surface area contributed by atoms with Gasteiger partial charge in [0.05, 0.1) is 35.6 Å². The Labute approximate surface area is 206 Å². The van der Waals surface area contributed by atoms with Crippen molar-refractivity contribution in [3.8, 4) is 6.07 Å². The third kappa shape index (κ3) is 4.68. The summed E-state index contributed by atoms with van der Waals surface area (Å²) in [5.41, 5.74) is -1.95. The van der Waals surface area contributed by atoms with E-state index in [-0.39, 0.29) is 23.4 Å². The fourth-order valence-electron chi connectivity index (χ4n) is 4.24. The Balaban J connectivity index is 1.59. The van der Waals surface area contributed by atoms with Crippen molar-refractivity contribution in [1.29, 1.82) is 5.26 Å². The zero-order valence-corrected chi connectivity index (χ0v) is 20.3. The number of ether oxygens (including phenoxy) is 1. The van der Waals surface area contributed by atoms with Crippen LogP contribution in [-0.2, 0) is 22.3 Å². The highest BCUT2D eigenvalue weighted by molar-refractivity contribution is 7.80. The number of nitrogens with zero attached hydrogens (tertiary/aromatic N) is 5. The van der Waals surface area contributed by atoms with Crippen LogP contribution >= 0.6 is 12.2 Å². The van der Waals surface area contributed by atoms with Gasteiger partial charge in [0, 0.05) is 25.8 Å². The van der Waals surface area contributed by atoms with Crippen molar-refractivity contribution in [3.05, 3.63) is 53.2 Å². The zero-order valence-electron chi connectivity index (χ0n) is 19.5. The molecular weight excluding hydrogens is 479 g/mol. The number of hydrogen-bond acceptors (Lipinski definition) is 6. The third-order valence-corrected chi connectivity index (χ3v) is 6.63. The number of carbonyl (C=O) groups excluding carboxylic acids is 1. The number of rotatable bonds is 4. The monoisotopic (exact) mass is 503 g/mol. The molecule has 0 radical (unpaired) electrons. The Morgan fingerprint density at radius 2 is 2.03 bits per heavy atom. The summed E-state index contributed by atoms with van der Waals surface area (Å²) in [7, 11) is 0. The molecule has 0 N–H and O–H groups in total. The molecule has 2 fully saturated rings. The van der Waals surface area contributed by atoms with Crippen molar-refractivity contribution in [1.82, 2.24) is 9.88 Å². The van der Waals surface area contributed by atoms with E-state index in [1.165, 1.54) is 6.07 Å². The number of pyridine rings is 1. The lowest BCUT2D eigenvalue weighted by atomic mass is 10.0. The van der Waals surface area contributed by atoms with Gasteiger partial charge in [-0.2, -0.15) is 18.4 Å². The van der Waals surface area contributed by atoms with Crippen LogP contribution in [-0.4, -0.2) is 52.2 Å². The lowest BCUT2D eigenvalue weighted by Crippen LogP contribution is -2.43. The van der Waals surface area contributed by atoms with Crippen LogP contribution in [0.25, 0.3) is 0 Å². The highest BCUT2D eigenvalue weighted by Gasteiger charge is 2.50. The molecule has 4 rings (SSSR count). The number of carbonyl (C=O) groups is 1. The molecule has 3 heterocycles. The van der Waals surface area contributed by atoms with Crippen LogP contribution < -0.4 is 9.80 Å². The van der Waals surface area contributed by atoms with Crippen LogP contribution in [0.15, 0.2) is 36.5 Å². The molecule has 11 heteroatoms. The Morgan fingerprint density at radius 1 is 1.29 bits per heavy atom. The number of morpholine rings is 1. The van der Waals surface area contributed by atoms with Gasteiger partial charge in [-0.25, -0.2) is 4.98 Å². The molecule has 2 aliphatic rings. The summed E-state index contributed by atoms with van der Waals surface area (Å²) in [6, 6.07) is 8.50. The van der Waals surface area contributed by atoms with Crippen LogP contribution in [0, 0.1) is 11.3 Å². The van der Waals surface area contributed by atoms with Gasteiger partial charge in [0.1, 0.15) is 11.4 Å². The summed E-state index contributed by atoms with van der Waals surface area (Å²) in [5.74, 6) is 0.370. The van der Waals surface area contributed by atoms with Gasteiger partial charge < -0.3 is 14.5 Å². The molecule has 1 aromatic heterocycles. The van der Waals surface area contributed by atoms with Gasteiger partial charge in [0.2, 0.25) is 0 Å². The average molecular weight is 504 g/mol. The lowest BCUT2D eigenvalue weighted by molar-refractivity contribution is -0.137. The minimum atomic E-state index is -4.74. The lowest BCUT2D eigenvalue weighted by Gasteiger charge is -2.32. The van der Waals surface area contributed by atoms with Gasteiger partial charge in [-0.15, -0.1) is 0 Å². The average Bonchev–Trinajstić information content (AvgIpc) is 2.98. The number of hydrogen-bond donors (Lipinski definition) is 0. The van der Waals surface area contributed by atoms with Crippen LogP contribution in [0.2, 0.25) is 0 Å². The fourth-order valence-corrected chi connectivity index (χ4v) is 4.72. The van der Waals surface area contributed by atoms with E-state index in [1.807, 2.05) is 19.1 Å². The Kier molecular flexibility index (Phi) is 6.46. The smallest absolute Gasteiger partial charge is 0.375 e. The standard InChI is InChI=1S/C24H24F3N5O2S/c1-15-13-30(8-9-34-15)20-7-4-16(12-29-20)14-31-22(35)32(21(33)23(31,2)3)18-6-5-17(11-28)19(10-18)24(25,26)27/h4-7,10,12,15H,8-9,13-14H2,1-3H3/t15-/m1/s1. The molecule has 1 atom stereocenters. The van der Waals surface area contributed by atoms with Crippen molar-refractivity contribution >= 4 is 34.7 Å². The molecule has 0 unspecified atom stereocenters. The van der Waals surface area contributed by atoms with E-state index in [1.54, 1.807) is 31.0 Å². The van der Waals surface area contributed by atoms with Crippen molar-refractivity contribution in [2.75, 3.05) is 29.5 Å². The van der Waals surface area contributed by atoms with Crippen molar-refractivity contribution in [2.45, 2.75) is 45.1 Å². The van der Waals surface area contributed by atoms with E-state index in [0.29, 0.717) is 6.61 Å². The number of halogens is 3. The molecule has 1 amide bonds. The number of aromatic nitrogens is 1. The molecule has 2 aliphatic heterocycles. The van der Waals surface area contributed by atoms with Gasteiger partial charge >= 0.3 is 6.18 Å². The number of nitriles is 1. The highest BCUT2D eigenvalue weighted by Crippen LogP contribution is 2.38. The minimum absolute atomic E-state index is 0.0307. The molecule has 0 spiro atoms. The molecule has 184 valence electrons. The van der Waals surface area contributed by atoms with Crippen LogP contribution in [0.5, 0.6) is 0 Å². The Bertz CT molecular complexity index is 1190. The first-order chi connectivity index (χ1) is 16.4. The van der Waals surface area contributed by atoms with Gasteiger partial charge in [-0.3, -0.25) is 9.69 Å². The molecule has 7 nitrogen and oxygen atoms in total. The number of alkyl halides is 3. The van der Waals surface area contributed by atoms with Crippen molar-refractivity contribution in [2.24, 2.45) is 0 Å². The third-order valence-electron chi connectivity index (χ3n) is 6.23. The molecule has 2 saturated heterocycles. The summed E-state index contributed by atoms with van der Waals surface area (Å²) in [6.45, 7) is 7.72. The second-order valence-corrected chi connectivity index (χ2v) is 9.42.